The smallest absolute Gasteiger partial charge is 0.254 e. The summed E-state index contributed by atoms with van der Waals surface area (Å²) in [5, 5.41) is 6.78. The Balaban J connectivity index is 1.86. The number of aromatic nitrogens is 2. The second-order valence-electron chi connectivity index (χ2n) is 6.60. The van der Waals surface area contributed by atoms with Crippen LogP contribution >= 0.6 is 0 Å². The Labute approximate surface area is 157 Å². The van der Waals surface area contributed by atoms with E-state index in [1.54, 1.807) is 36.3 Å². The Morgan fingerprint density at radius 1 is 1.33 bits per heavy atom. The van der Waals surface area contributed by atoms with Gasteiger partial charge in [-0.25, -0.2) is 0 Å². The van der Waals surface area contributed by atoms with Crippen molar-refractivity contribution in [1.29, 1.82) is 0 Å². The third-order valence-electron chi connectivity index (χ3n) is 4.49. The minimum atomic E-state index is -0.237. The van der Waals surface area contributed by atoms with Gasteiger partial charge >= 0.3 is 0 Å². The minimum absolute atomic E-state index is 0.104. The van der Waals surface area contributed by atoms with E-state index in [0.29, 0.717) is 29.5 Å². The monoisotopic (exact) mass is 372 g/mol. The maximum atomic E-state index is 13.2. The molecule has 2 aromatic rings. The molecule has 8 heteroatoms. The van der Waals surface area contributed by atoms with Gasteiger partial charge in [0, 0.05) is 31.8 Å². The van der Waals surface area contributed by atoms with Crippen LogP contribution in [0.15, 0.2) is 28.8 Å². The molecule has 0 saturated carbocycles. The van der Waals surface area contributed by atoms with E-state index in [2.05, 4.69) is 15.5 Å². The molecule has 1 aromatic heterocycles. The number of nitrogens with zero attached hydrogens (tertiary/aromatic N) is 3. The van der Waals surface area contributed by atoms with Gasteiger partial charge in [-0.15, -0.1) is 0 Å². The molecule has 2 heterocycles. The number of hydrogen-bond donors (Lipinski definition) is 1. The lowest BCUT2D eigenvalue weighted by molar-refractivity contribution is -0.114. The number of nitrogens with one attached hydrogen (secondary N) is 1. The highest BCUT2D eigenvalue weighted by molar-refractivity contribution is 5.97. The van der Waals surface area contributed by atoms with Crippen LogP contribution in [0.25, 0.3) is 0 Å². The van der Waals surface area contributed by atoms with Crippen LogP contribution in [-0.2, 0) is 16.1 Å². The highest BCUT2D eigenvalue weighted by atomic mass is 16.5. The summed E-state index contributed by atoms with van der Waals surface area (Å²) in [6.07, 6.45) is 3.75. The minimum Gasteiger partial charge on any atom is -0.375 e. The van der Waals surface area contributed by atoms with Gasteiger partial charge in [0.1, 0.15) is 6.61 Å². The molecule has 0 bridgehead atoms. The quantitative estimate of drug-likeness (QED) is 0.867. The lowest BCUT2D eigenvalue weighted by Crippen LogP contribution is -2.35. The largest absolute Gasteiger partial charge is 0.375 e. The van der Waals surface area contributed by atoms with Gasteiger partial charge in [0.05, 0.1) is 6.04 Å². The molecule has 2 amide bonds. The molecule has 1 N–H and O–H groups in total. The van der Waals surface area contributed by atoms with Crippen molar-refractivity contribution in [2.45, 2.75) is 45.3 Å². The molecule has 0 unspecified atom stereocenters. The average molecular weight is 372 g/mol. The number of amides is 2. The van der Waals surface area contributed by atoms with Crippen LogP contribution < -0.4 is 5.32 Å². The Kier molecular flexibility index (Phi) is 6.18. The number of likely N-dealkylation sites (tertiary alicyclic amines) is 1. The predicted molar refractivity (Wildman–Crippen MR) is 98.0 cm³/mol. The fourth-order valence-electron chi connectivity index (χ4n) is 3.30. The molecular formula is C19H24N4O4. The number of hydrogen-bond acceptors (Lipinski definition) is 6. The van der Waals surface area contributed by atoms with Gasteiger partial charge in [-0.05, 0) is 31.0 Å². The van der Waals surface area contributed by atoms with Crippen LogP contribution in [0.5, 0.6) is 0 Å². The summed E-state index contributed by atoms with van der Waals surface area (Å²) in [5.41, 5.74) is 1.12. The van der Waals surface area contributed by atoms with Crippen molar-refractivity contribution in [2.75, 3.05) is 19.0 Å². The summed E-state index contributed by atoms with van der Waals surface area (Å²) < 4.78 is 10.3. The van der Waals surface area contributed by atoms with Crippen LogP contribution in [0, 0.1) is 0 Å². The van der Waals surface area contributed by atoms with E-state index in [1.807, 2.05) is 0 Å². The van der Waals surface area contributed by atoms with E-state index < -0.39 is 0 Å². The summed E-state index contributed by atoms with van der Waals surface area (Å²) in [6, 6.07) is 6.73. The van der Waals surface area contributed by atoms with Crippen LogP contribution in [0.1, 0.15) is 60.7 Å². The van der Waals surface area contributed by atoms with Crippen molar-refractivity contribution in [3.8, 4) is 0 Å². The maximum Gasteiger partial charge on any atom is 0.254 e. The fourth-order valence-corrected chi connectivity index (χ4v) is 3.30. The molecule has 27 heavy (non-hydrogen) atoms. The van der Waals surface area contributed by atoms with E-state index in [-0.39, 0.29) is 24.5 Å². The van der Waals surface area contributed by atoms with E-state index >= 15 is 0 Å². The third-order valence-corrected chi connectivity index (χ3v) is 4.49. The van der Waals surface area contributed by atoms with Crippen LogP contribution in [0.4, 0.5) is 5.69 Å². The number of benzene rings is 1. The van der Waals surface area contributed by atoms with Gasteiger partial charge in [-0.1, -0.05) is 24.1 Å². The molecule has 1 saturated heterocycles. The molecule has 3 rings (SSSR count). The summed E-state index contributed by atoms with van der Waals surface area (Å²) in [7, 11) is 1.56. The highest BCUT2D eigenvalue weighted by Gasteiger charge is 2.31. The summed E-state index contributed by atoms with van der Waals surface area (Å²) in [5.74, 6) is 0.629. The summed E-state index contributed by atoms with van der Waals surface area (Å²) in [4.78, 5) is 30.7. The average Bonchev–Trinajstić information content (AvgIpc) is 2.96. The Morgan fingerprint density at radius 3 is 2.96 bits per heavy atom. The molecule has 1 fully saturated rings. The van der Waals surface area contributed by atoms with E-state index in [1.165, 1.54) is 6.92 Å². The van der Waals surface area contributed by atoms with Crippen molar-refractivity contribution < 1.29 is 18.8 Å². The summed E-state index contributed by atoms with van der Waals surface area (Å²) in [6.45, 7) is 2.31. The Bertz CT molecular complexity index is 805. The maximum absolute atomic E-state index is 13.2. The number of carbonyl (C=O) groups excluding carboxylic acids is 2. The molecule has 1 aromatic carbocycles. The molecule has 0 spiro atoms. The first-order valence-electron chi connectivity index (χ1n) is 9.08. The second kappa shape index (κ2) is 8.77. The van der Waals surface area contributed by atoms with Gasteiger partial charge in [-0.2, -0.15) is 4.98 Å². The van der Waals surface area contributed by atoms with Crippen molar-refractivity contribution in [3.05, 3.63) is 41.5 Å². The highest BCUT2D eigenvalue weighted by Crippen LogP contribution is 2.30. The molecule has 0 aliphatic carbocycles. The Morgan fingerprint density at radius 2 is 2.19 bits per heavy atom. The van der Waals surface area contributed by atoms with Gasteiger partial charge in [0.25, 0.3) is 11.8 Å². The third kappa shape index (κ3) is 4.71. The lowest BCUT2D eigenvalue weighted by atomic mass is 10.1. The Hall–Kier alpha value is -2.74. The zero-order valence-electron chi connectivity index (χ0n) is 15.6. The van der Waals surface area contributed by atoms with Crippen molar-refractivity contribution in [2.24, 2.45) is 0 Å². The lowest BCUT2D eigenvalue weighted by Gasteiger charge is -2.28. The molecular weight excluding hydrogens is 348 g/mol. The number of rotatable bonds is 5. The van der Waals surface area contributed by atoms with Crippen molar-refractivity contribution in [3.63, 3.8) is 0 Å². The number of carbonyl (C=O) groups is 2. The van der Waals surface area contributed by atoms with Crippen LogP contribution in [0.3, 0.4) is 0 Å². The van der Waals surface area contributed by atoms with Crippen LogP contribution in [-0.4, -0.2) is 40.5 Å². The van der Waals surface area contributed by atoms with Gasteiger partial charge in [-0.3, -0.25) is 9.59 Å². The second-order valence-corrected chi connectivity index (χ2v) is 6.60. The first-order valence-corrected chi connectivity index (χ1v) is 9.08. The normalized spacial score (nSPS) is 17.4. The standard InChI is InChI=1S/C19H24N4O4/c1-13(24)20-15-8-6-7-14(11-15)19(25)23-10-5-3-4-9-16(23)18-21-17(12-26-2)27-22-18/h6-8,11,16H,3-5,9-10,12H2,1-2H3,(H,20,24)/t16-/m0/s1. The first kappa shape index (κ1) is 19.0. The fraction of sp³-hybridized carbons (Fsp3) is 0.474. The van der Waals surface area contributed by atoms with E-state index in [4.69, 9.17) is 9.26 Å². The zero-order chi connectivity index (χ0) is 19.2. The molecule has 144 valence electrons. The van der Waals surface area contributed by atoms with E-state index in [9.17, 15) is 9.59 Å². The molecule has 8 nitrogen and oxygen atoms in total. The van der Waals surface area contributed by atoms with Gasteiger partial charge in [0.15, 0.2) is 5.82 Å². The molecule has 0 radical (unpaired) electrons. The predicted octanol–water partition coefficient (Wildman–Crippen LogP) is 2.93. The van der Waals surface area contributed by atoms with Crippen molar-refractivity contribution in [1.82, 2.24) is 15.0 Å². The molecule has 1 aliphatic rings. The first-order chi connectivity index (χ1) is 13.1. The number of ether oxygens (including phenoxy) is 1. The van der Waals surface area contributed by atoms with Gasteiger partial charge in [0.2, 0.25) is 5.91 Å². The van der Waals surface area contributed by atoms with E-state index in [0.717, 1.165) is 25.7 Å². The van der Waals surface area contributed by atoms with Crippen LogP contribution in [0.2, 0.25) is 0 Å². The SMILES string of the molecule is COCc1nc([C@@H]2CCCCCN2C(=O)c2cccc(NC(C)=O)c2)no1. The molecule has 1 aliphatic heterocycles. The number of anilines is 1. The molecule has 1 atom stereocenters. The van der Waals surface area contributed by atoms with Crippen molar-refractivity contribution >= 4 is 17.5 Å². The topological polar surface area (TPSA) is 97.6 Å². The number of methoxy groups -OCH3 is 1. The van der Waals surface area contributed by atoms with Gasteiger partial charge < -0.3 is 19.5 Å². The summed E-state index contributed by atoms with van der Waals surface area (Å²) >= 11 is 0. The zero-order valence-corrected chi connectivity index (χ0v) is 15.6.